The van der Waals surface area contributed by atoms with Crippen LogP contribution in [0, 0.1) is 0 Å². The van der Waals surface area contributed by atoms with E-state index in [1.54, 1.807) is 0 Å². The summed E-state index contributed by atoms with van der Waals surface area (Å²) in [6.45, 7) is 18.7. The molecule has 206 valence electrons. The van der Waals surface area contributed by atoms with Gasteiger partial charge in [0.15, 0.2) is 0 Å². The Morgan fingerprint density at radius 3 is 1.85 bits per heavy atom. The van der Waals surface area contributed by atoms with Crippen molar-refractivity contribution in [3.8, 4) is 22.3 Å². The molecule has 0 fully saturated rings. The standard InChI is InChI=1S/C40H41N/c1-23(2)27-14-11-15-28(24(3)4)38(27)41-26-17-18-30-31-21-36-32(22-35(31)40(7,8)34(30)20-26)37-29-13-10-9-12-25(29)16-19-33(37)39(36,5)6/h9-24,41H,1-8H3. The molecule has 0 saturated heterocycles. The minimum Gasteiger partial charge on any atom is -0.355 e. The molecule has 0 radical (unpaired) electrons. The first kappa shape index (κ1) is 26.1. The third-order valence-electron chi connectivity index (χ3n) is 10.0. The summed E-state index contributed by atoms with van der Waals surface area (Å²) in [5.41, 5.74) is 16.4. The van der Waals surface area contributed by atoms with E-state index in [2.05, 4.69) is 146 Å². The van der Waals surface area contributed by atoms with E-state index in [0.29, 0.717) is 11.8 Å². The minimum atomic E-state index is -0.0900. The van der Waals surface area contributed by atoms with Crippen molar-refractivity contribution in [3.63, 3.8) is 0 Å². The quantitative estimate of drug-likeness (QED) is 0.241. The van der Waals surface area contributed by atoms with E-state index in [4.69, 9.17) is 0 Å². The maximum atomic E-state index is 3.89. The van der Waals surface area contributed by atoms with Crippen LogP contribution in [0.5, 0.6) is 0 Å². The van der Waals surface area contributed by atoms with Crippen molar-refractivity contribution in [2.45, 2.75) is 78.1 Å². The summed E-state index contributed by atoms with van der Waals surface area (Å²) < 4.78 is 0. The Bertz CT molecular complexity index is 1840. The molecule has 2 aliphatic carbocycles. The second-order valence-electron chi connectivity index (χ2n) is 13.9. The second-order valence-corrected chi connectivity index (χ2v) is 13.9. The van der Waals surface area contributed by atoms with Gasteiger partial charge in [-0.2, -0.15) is 0 Å². The third-order valence-corrected chi connectivity index (χ3v) is 10.0. The van der Waals surface area contributed by atoms with Crippen molar-refractivity contribution in [1.29, 1.82) is 0 Å². The maximum absolute atomic E-state index is 3.89. The van der Waals surface area contributed by atoms with Gasteiger partial charge in [0.1, 0.15) is 0 Å². The van der Waals surface area contributed by atoms with Crippen molar-refractivity contribution in [1.82, 2.24) is 0 Å². The number of fused-ring (bicyclic) bond motifs is 8. The number of benzene rings is 5. The lowest BCUT2D eigenvalue weighted by molar-refractivity contribution is 0.652. The van der Waals surface area contributed by atoms with Gasteiger partial charge in [-0.1, -0.05) is 116 Å². The Kier molecular flexibility index (Phi) is 5.62. The summed E-state index contributed by atoms with van der Waals surface area (Å²) in [6, 6.07) is 32.4. The summed E-state index contributed by atoms with van der Waals surface area (Å²) in [5.74, 6) is 0.909. The van der Waals surface area contributed by atoms with E-state index in [1.165, 1.54) is 77.8 Å². The van der Waals surface area contributed by atoms with Crippen LogP contribution in [-0.2, 0) is 10.8 Å². The topological polar surface area (TPSA) is 12.0 Å². The summed E-state index contributed by atoms with van der Waals surface area (Å²) >= 11 is 0. The van der Waals surface area contributed by atoms with E-state index in [9.17, 15) is 0 Å². The van der Waals surface area contributed by atoms with Crippen LogP contribution in [-0.4, -0.2) is 0 Å². The normalized spacial score (nSPS) is 15.7. The van der Waals surface area contributed by atoms with Crippen molar-refractivity contribution in [3.05, 3.63) is 118 Å². The van der Waals surface area contributed by atoms with Gasteiger partial charge in [-0.05, 0) is 103 Å². The van der Waals surface area contributed by atoms with Crippen LogP contribution < -0.4 is 5.32 Å². The first-order valence-electron chi connectivity index (χ1n) is 15.3. The second kappa shape index (κ2) is 8.83. The Balaban J connectivity index is 1.37. The number of hydrogen-bond acceptors (Lipinski definition) is 1. The first-order valence-corrected chi connectivity index (χ1v) is 15.3. The molecule has 5 aromatic rings. The summed E-state index contributed by atoms with van der Waals surface area (Å²) in [5, 5.41) is 6.57. The number of hydrogen-bond donors (Lipinski definition) is 1. The molecule has 0 amide bonds. The molecule has 1 N–H and O–H groups in total. The average molecular weight is 536 g/mol. The van der Waals surface area contributed by atoms with E-state index in [-0.39, 0.29) is 10.8 Å². The highest BCUT2D eigenvalue weighted by atomic mass is 14.9. The first-order chi connectivity index (χ1) is 19.5. The third kappa shape index (κ3) is 3.67. The van der Waals surface area contributed by atoms with E-state index in [0.717, 1.165) is 0 Å². The van der Waals surface area contributed by atoms with Crippen molar-refractivity contribution in [2.24, 2.45) is 0 Å². The molecule has 2 aliphatic rings. The number of para-hydroxylation sites is 1. The molecule has 0 aromatic heterocycles. The molecule has 41 heavy (non-hydrogen) atoms. The Morgan fingerprint density at radius 2 is 1.15 bits per heavy atom. The van der Waals surface area contributed by atoms with Crippen LogP contribution in [0.15, 0.2) is 84.9 Å². The molecule has 0 heterocycles. The van der Waals surface area contributed by atoms with E-state index in [1.807, 2.05) is 0 Å². The fourth-order valence-corrected chi connectivity index (χ4v) is 7.65. The molecule has 0 atom stereocenters. The zero-order valence-electron chi connectivity index (χ0n) is 25.7. The van der Waals surface area contributed by atoms with Crippen molar-refractivity contribution >= 4 is 22.1 Å². The van der Waals surface area contributed by atoms with Crippen LogP contribution in [0.25, 0.3) is 33.0 Å². The van der Waals surface area contributed by atoms with Gasteiger partial charge in [0.2, 0.25) is 0 Å². The fraction of sp³-hybridized carbons (Fsp3) is 0.300. The van der Waals surface area contributed by atoms with Gasteiger partial charge in [-0.25, -0.2) is 0 Å². The van der Waals surface area contributed by atoms with Gasteiger partial charge >= 0.3 is 0 Å². The highest BCUT2D eigenvalue weighted by Gasteiger charge is 2.42. The van der Waals surface area contributed by atoms with Crippen LogP contribution in [0.4, 0.5) is 11.4 Å². The lowest BCUT2D eigenvalue weighted by Crippen LogP contribution is -2.17. The average Bonchev–Trinajstić information content (AvgIpc) is 3.31. The molecule has 0 aliphatic heterocycles. The highest BCUT2D eigenvalue weighted by Crippen LogP contribution is 2.57. The molecule has 5 aromatic carbocycles. The minimum absolute atomic E-state index is 0.0358. The van der Waals surface area contributed by atoms with Gasteiger partial charge in [0.25, 0.3) is 0 Å². The van der Waals surface area contributed by atoms with E-state index < -0.39 is 0 Å². The smallest absolute Gasteiger partial charge is 0.0454 e. The van der Waals surface area contributed by atoms with Gasteiger partial charge in [0, 0.05) is 22.2 Å². The van der Waals surface area contributed by atoms with Gasteiger partial charge in [-0.3, -0.25) is 0 Å². The van der Waals surface area contributed by atoms with Crippen LogP contribution in [0.3, 0.4) is 0 Å². The van der Waals surface area contributed by atoms with Crippen LogP contribution in [0.2, 0.25) is 0 Å². The zero-order valence-corrected chi connectivity index (χ0v) is 25.7. The number of anilines is 2. The molecular formula is C40H41N. The zero-order chi connectivity index (χ0) is 28.8. The summed E-state index contributed by atoms with van der Waals surface area (Å²) in [7, 11) is 0. The lowest BCUT2D eigenvalue weighted by Gasteiger charge is -2.25. The molecule has 1 nitrogen and oxygen atoms in total. The Labute approximate surface area is 245 Å². The Hall–Kier alpha value is -3.84. The van der Waals surface area contributed by atoms with Crippen molar-refractivity contribution < 1.29 is 0 Å². The van der Waals surface area contributed by atoms with Gasteiger partial charge in [0.05, 0.1) is 0 Å². The predicted molar refractivity (Wildman–Crippen MR) is 177 cm³/mol. The van der Waals surface area contributed by atoms with E-state index >= 15 is 0 Å². The lowest BCUT2D eigenvalue weighted by atomic mass is 9.79. The predicted octanol–water partition coefficient (Wildman–Crippen LogP) is 11.4. The SMILES string of the molecule is CC(C)c1cccc(C(C)C)c1Nc1ccc2c(c1)C(C)(C)c1cc3c(cc1-2)C(C)(C)c1ccc2ccccc2c1-3. The molecule has 1 heteroatoms. The largest absolute Gasteiger partial charge is 0.355 e. The molecular weight excluding hydrogens is 494 g/mol. The maximum Gasteiger partial charge on any atom is 0.0454 e. The van der Waals surface area contributed by atoms with Gasteiger partial charge < -0.3 is 5.32 Å². The number of nitrogens with one attached hydrogen (secondary N) is 1. The summed E-state index contributed by atoms with van der Waals surface area (Å²) in [4.78, 5) is 0. The molecule has 0 spiro atoms. The highest BCUT2D eigenvalue weighted by molar-refractivity contribution is 6.03. The van der Waals surface area contributed by atoms with Gasteiger partial charge in [-0.15, -0.1) is 0 Å². The molecule has 7 rings (SSSR count). The monoisotopic (exact) mass is 535 g/mol. The van der Waals surface area contributed by atoms with Crippen LogP contribution >= 0.6 is 0 Å². The van der Waals surface area contributed by atoms with Crippen LogP contribution in [0.1, 0.15) is 101 Å². The number of rotatable bonds is 4. The van der Waals surface area contributed by atoms with Crippen molar-refractivity contribution in [2.75, 3.05) is 5.32 Å². The molecule has 0 unspecified atom stereocenters. The Morgan fingerprint density at radius 1 is 0.537 bits per heavy atom. The molecule has 0 bridgehead atoms. The fourth-order valence-electron chi connectivity index (χ4n) is 7.65. The molecule has 0 saturated carbocycles. The summed E-state index contributed by atoms with van der Waals surface area (Å²) in [6.07, 6.45) is 0.